The number of hydrogen-bond acceptors (Lipinski definition) is 9. The molecule has 1 N–H and O–H groups in total. The van der Waals surface area contributed by atoms with Gasteiger partial charge in [-0.25, -0.2) is 9.78 Å². The summed E-state index contributed by atoms with van der Waals surface area (Å²) in [6.07, 6.45) is 2.55. The van der Waals surface area contributed by atoms with Crippen LogP contribution in [-0.4, -0.2) is 57.9 Å². The van der Waals surface area contributed by atoms with Crippen LogP contribution in [0.4, 0.5) is 10.5 Å². The standard InChI is InChI=1S/C25H28Cl2N4O7S/c1-3-13-31(25(32)38-39(33,34)30-12-10-19-7-4-5-11-28-19)23-21(36-15-14-35-2)8-6-9-22(23)37-24-20(27)16-18(26)17-29-24/h4-9,11,16-17,30H,3,10,12-15H2,1-2H3. The van der Waals surface area contributed by atoms with Gasteiger partial charge >= 0.3 is 16.4 Å². The Hall–Kier alpha value is -3.16. The molecular weight excluding hydrogens is 571 g/mol. The number of hydrogen-bond donors (Lipinski definition) is 1. The van der Waals surface area contributed by atoms with Crippen molar-refractivity contribution in [2.24, 2.45) is 0 Å². The van der Waals surface area contributed by atoms with Crippen molar-refractivity contribution in [2.75, 3.05) is 38.3 Å². The molecule has 2 aromatic heterocycles. The van der Waals surface area contributed by atoms with Gasteiger partial charge in [-0.15, -0.1) is 0 Å². The van der Waals surface area contributed by atoms with E-state index in [4.69, 9.17) is 41.6 Å². The number of pyridine rings is 2. The molecule has 210 valence electrons. The van der Waals surface area contributed by atoms with Crippen molar-refractivity contribution in [3.05, 3.63) is 70.6 Å². The van der Waals surface area contributed by atoms with E-state index < -0.39 is 16.4 Å². The van der Waals surface area contributed by atoms with Gasteiger partial charge in [0.2, 0.25) is 5.88 Å². The third-order valence-electron chi connectivity index (χ3n) is 4.99. The quantitative estimate of drug-likeness (QED) is 0.254. The maximum absolute atomic E-state index is 13.3. The molecule has 3 rings (SSSR count). The number of carbonyl (C=O) groups is 1. The largest absolute Gasteiger partial charge is 0.489 e. The summed E-state index contributed by atoms with van der Waals surface area (Å²) in [6, 6.07) is 11.5. The second-order valence-electron chi connectivity index (χ2n) is 7.91. The van der Waals surface area contributed by atoms with Gasteiger partial charge in [0.15, 0.2) is 5.75 Å². The predicted molar refractivity (Wildman–Crippen MR) is 147 cm³/mol. The fourth-order valence-corrected chi connectivity index (χ4v) is 4.43. The van der Waals surface area contributed by atoms with Gasteiger partial charge in [-0.1, -0.05) is 42.3 Å². The van der Waals surface area contributed by atoms with E-state index in [0.717, 1.165) is 4.90 Å². The summed E-state index contributed by atoms with van der Waals surface area (Å²) in [5.41, 5.74) is 0.800. The Balaban J connectivity index is 1.88. The number of para-hydroxylation sites is 1. The Labute approximate surface area is 237 Å². The summed E-state index contributed by atoms with van der Waals surface area (Å²) in [5, 5.41) is 0.435. The summed E-state index contributed by atoms with van der Waals surface area (Å²) in [6.45, 7) is 2.28. The molecule has 0 fully saturated rings. The lowest BCUT2D eigenvalue weighted by Gasteiger charge is -2.26. The number of carbonyl (C=O) groups excluding carboxylic acids is 1. The first-order valence-electron chi connectivity index (χ1n) is 11.9. The van der Waals surface area contributed by atoms with Gasteiger partial charge in [-0.3, -0.25) is 9.88 Å². The highest BCUT2D eigenvalue weighted by molar-refractivity contribution is 7.85. The molecule has 1 aromatic carbocycles. The Morgan fingerprint density at radius 2 is 1.87 bits per heavy atom. The minimum absolute atomic E-state index is 0.0185. The first kappa shape index (κ1) is 30.4. The summed E-state index contributed by atoms with van der Waals surface area (Å²) < 4.78 is 49.2. The number of rotatable bonds is 14. The molecule has 0 spiro atoms. The van der Waals surface area contributed by atoms with Gasteiger partial charge in [0.05, 0.1) is 11.6 Å². The molecule has 0 aliphatic carbocycles. The van der Waals surface area contributed by atoms with Gasteiger partial charge in [-0.05, 0) is 36.8 Å². The van der Waals surface area contributed by atoms with Crippen molar-refractivity contribution in [1.29, 1.82) is 0 Å². The van der Waals surface area contributed by atoms with Crippen molar-refractivity contribution < 1.29 is 31.6 Å². The van der Waals surface area contributed by atoms with Crippen LogP contribution in [0.5, 0.6) is 17.4 Å². The zero-order chi connectivity index (χ0) is 28.3. The lowest BCUT2D eigenvalue weighted by atomic mass is 10.2. The minimum atomic E-state index is -4.46. The van der Waals surface area contributed by atoms with E-state index >= 15 is 0 Å². The zero-order valence-corrected chi connectivity index (χ0v) is 23.6. The van der Waals surface area contributed by atoms with Gasteiger partial charge in [0, 0.05) is 44.7 Å². The van der Waals surface area contributed by atoms with Crippen LogP contribution in [0.1, 0.15) is 19.0 Å². The summed E-state index contributed by atoms with van der Waals surface area (Å²) >= 11 is 12.2. The third kappa shape index (κ3) is 9.22. The smallest absolute Gasteiger partial charge is 0.431 e. The van der Waals surface area contributed by atoms with Crippen LogP contribution < -0.4 is 19.1 Å². The molecule has 0 atom stereocenters. The molecule has 39 heavy (non-hydrogen) atoms. The SMILES string of the molecule is CCCN(C(=O)OS(=O)(=O)NCCc1ccccn1)c1c(OCCOC)cccc1Oc1ncc(Cl)cc1Cl. The van der Waals surface area contributed by atoms with E-state index in [0.29, 0.717) is 23.6 Å². The maximum atomic E-state index is 13.3. The molecule has 0 saturated carbocycles. The lowest BCUT2D eigenvalue weighted by molar-refractivity contribution is 0.146. The number of nitrogens with one attached hydrogen (secondary N) is 1. The average molecular weight is 599 g/mol. The van der Waals surface area contributed by atoms with Crippen LogP contribution in [0.3, 0.4) is 0 Å². The fraction of sp³-hybridized carbons (Fsp3) is 0.320. The lowest BCUT2D eigenvalue weighted by Crippen LogP contribution is -2.38. The van der Waals surface area contributed by atoms with Crippen molar-refractivity contribution in [3.63, 3.8) is 0 Å². The zero-order valence-electron chi connectivity index (χ0n) is 21.3. The van der Waals surface area contributed by atoms with E-state index in [2.05, 4.69) is 14.7 Å². The summed E-state index contributed by atoms with van der Waals surface area (Å²) in [7, 11) is -2.94. The molecule has 3 aromatic rings. The normalized spacial score (nSPS) is 11.2. The number of amides is 1. The average Bonchev–Trinajstić information content (AvgIpc) is 2.90. The molecule has 14 heteroatoms. The topological polar surface area (TPSA) is 129 Å². The van der Waals surface area contributed by atoms with Gasteiger partial charge in [0.1, 0.15) is 23.1 Å². The van der Waals surface area contributed by atoms with Crippen LogP contribution in [-0.2, 0) is 25.6 Å². The van der Waals surface area contributed by atoms with Crippen molar-refractivity contribution >= 4 is 45.3 Å². The van der Waals surface area contributed by atoms with E-state index in [1.165, 1.54) is 19.4 Å². The first-order chi connectivity index (χ1) is 18.7. The van der Waals surface area contributed by atoms with E-state index in [9.17, 15) is 13.2 Å². The molecule has 0 aliphatic heterocycles. The predicted octanol–water partition coefficient (Wildman–Crippen LogP) is 5.03. The van der Waals surface area contributed by atoms with Crippen LogP contribution in [0.15, 0.2) is 54.9 Å². The Kier molecular flexibility index (Phi) is 11.6. The number of anilines is 1. The monoisotopic (exact) mass is 598 g/mol. The Morgan fingerprint density at radius 3 is 2.56 bits per heavy atom. The van der Waals surface area contributed by atoms with E-state index in [-0.39, 0.29) is 54.4 Å². The molecule has 0 bridgehead atoms. The van der Waals surface area contributed by atoms with Crippen LogP contribution in [0.25, 0.3) is 0 Å². The highest BCUT2D eigenvalue weighted by Crippen LogP contribution is 2.42. The Bertz CT molecular complexity index is 1350. The summed E-state index contributed by atoms with van der Waals surface area (Å²) in [5.74, 6) is 0.359. The van der Waals surface area contributed by atoms with Crippen LogP contribution in [0, 0.1) is 0 Å². The number of aromatic nitrogens is 2. The first-order valence-corrected chi connectivity index (χ1v) is 14.0. The molecule has 0 aliphatic rings. The second kappa shape index (κ2) is 14.8. The number of benzene rings is 1. The molecule has 2 heterocycles. The van der Waals surface area contributed by atoms with E-state index in [1.807, 2.05) is 6.92 Å². The molecule has 0 radical (unpaired) electrons. The van der Waals surface area contributed by atoms with Crippen molar-refractivity contribution in [3.8, 4) is 17.4 Å². The second-order valence-corrected chi connectivity index (χ2v) is 10.1. The molecule has 1 amide bonds. The van der Waals surface area contributed by atoms with Crippen LogP contribution >= 0.6 is 23.2 Å². The highest BCUT2D eigenvalue weighted by atomic mass is 35.5. The third-order valence-corrected chi connectivity index (χ3v) is 6.39. The number of methoxy groups -OCH3 is 1. The number of halogens is 2. The Morgan fingerprint density at radius 1 is 1.08 bits per heavy atom. The van der Waals surface area contributed by atoms with Gasteiger partial charge < -0.3 is 18.4 Å². The van der Waals surface area contributed by atoms with Gasteiger partial charge in [-0.2, -0.15) is 13.1 Å². The molecule has 0 unspecified atom stereocenters. The minimum Gasteiger partial charge on any atom is -0.489 e. The highest BCUT2D eigenvalue weighted by Gasteiger charge is 2.29. The summed E-state index contributed by atoms with van der Waals surface area (Å²) in [4.78, 5) is 22.6. The number of ether oxygens (including phenoxy) is 3. The molecular formula is C25H28Cl2N4O7S. The molecule has 0 saturated heterocycles. The number of nitrogens with zero attached hydrogens (tertiary/aromatic N) is 3. The maximum Gasteiger partial charge on any atom is 0.431 e. The van der Waals surface area contributed by atoms with Gasteiger partial charge in [0.25, 0.3) is 0 Å². The van der Waals surface area contributed by atoms with E-state index in [1.54, 1.807) is 42.6 Å². The van der Waals surface area contributed by atoms with Crippen molar-refractivity contribution in [1.82, 2.24) is 14.7 Å². The fourth-order valence-electron chi connectivity index (χ4n) is 3.32. The molecule has 11 nitrogen and oxygen atoms in total. The van der Waals surface area contributed by atoms with Crippen LogP contribution in [0.2, 0.25) is 10.0 Å². The van der Waals surface area contributed by atoms with Crippen molar-refractivity contribution in [2.45, 2.75) is 19.8 Å².